The van der Waals surface area contributed by atoms with Gasteiger partial charge in [-0.1, -0.05) is 17.5 Å². The largest absolute Gasteiger partial charge is 0.379 e. The Labute approximate surface area is 109 Å². The summed E-state index contributed by atoms with van der Waals surface area (Å²) in [6, 6.07) is 0. The number of anilines is 1. The Morgan fingerprint density at radius 2 is 2.39 bits per heavy atom. The van der Waals surface area contributed by atoms with E-state index in [1.807, 2.05) is 0 Å². The number of nitrogens with zero attached hydrogens (tertiary/aromatic N) is 2. The zero-order chi connectivity index (χ0) is 13.5. The fourth-order valence-electron chi connectivity index (χ4n) is 1.25. The number of halogens is 1. The first-order valence-electron chi connectivity index (χ1n) is 5.23. The molecule has 0 atom stereocenters. The highest BCUT2D eigenvalue weighted by atomic mass is 35.5. The fraction of sp³-hybridized carbons (Fsp3) is 0.364. The molecule has 1 heterocycles. The quantitative estimate of drug-likeness (QED) is 0.742. The van der Waals surface area contributed by atoms with E-state index in [9.17, 15) is 9.59 Å². The third-order valence-corrected chi connectivity index (χ3v) is 2.46. The Bertz CT molecular complexity index is 533. The van der Waals surface area contributed by atoms with E-state index in [4.69, 9.17) is 18.0 Å². The molecule has 1 rings (SSSR count). The van der Waals surface area contributed by atoms with Crippen molar-refractivity contribution < 1.29 is 4.79 Å². The Kier molecular flexibility index (Phi) is 5.21. The molecule has 0 aliphatic rings. The Balaban J connectivity index is 2.82. The molecule has 2 N–H and O–H groups in total. The van der Waals surface area contributed by atoms with Crippen molar-refractivity contribution in [2.45, 2.75) is 13.0 Å². The summed E-state index contributed by atoms with van der Waals surface area (Å²) in [4.78, 5) is 22.9. The molecule has 18 heavy (non-hydrogen) atoms. The molecule has 0 bridgehead atoms. The molecular formula is C11H13ClN4O2. The number of hydrogen-bond donors (Lipinski definition) is 2. The van der Waals surface area contributed by atoms with Gasteiger partial charge in [0.25, 0.3) is 5.56 Å². The van der Waals surface area contributed by atoms with Crippen molar-refractivity contribution in [3.05, 3.63) is 21.6 Å². The van der Waals surface area contributed by atoms with Crippen LogP contribution in [-0.2, 0) is 11.3 Å². The highest BCUT2D eigenvalue weighted by Crippen LogP contribution is 2.14. The Morgan fingerprint density at radius 3 is 3.00 bits per heavy atom. The molecule has 0 fully saturated rings. The van der Waals surface area contributed by atoms with E-state index in [2.05, 4.69) is 21.7 Å². The average molecular weight is 269 g/mol. The SMILES string of the molecule is C#CCn1ncc(Cl)c(NCCC(=O)NC)c1=O. The topological polar surface area (TPSA) is 76.0 Å². The van der Waals surface area contributed by atoms with Crippen LogP contribution in [0.2, 0.25) is 5.02 Å². The molecule has 0 spiro atoms. The molecule has 96 valence electrons. The van der Waals surface area contributed by atoms with Crippen LogP contribution in [0.4, 0.5) is 5.69 Å². The van der Waals surface area contributed by atoms with Gasteiger partial charge in [0.05, 0.1) is 11.2 Å². The van der Waals surface area contributed by atoms with Crippen molar-refractivity contribution in [3.63, 3.8) is 0 Å². The van der Waals surface area contributed by atoms with Gasteiger partial charge in [-0.15, -0.1) is 6.42 Å². The molecule has 0 saturated heterocycles. The minimum absolute atomic E-state index is 0.0696. The van der Waals surface area contributed by atoms with Gasteiger partial charge in [-0.2, -0.15) is 5.10 Å². The molecule has 1 aromatic rings. The maximum absolute atomic E-state index is 11.9. The molecule has 0 aromatic carbocycles. The van der Waals surface area contributed by atoms with Crippen LogP contribution in [0.3, 0.4) is 0 Å². The molecular weight excluding hydrogens is 256 g/mol. The number of carbonyl (C=O) groups is 1. The first-order chi connectivity index (χ1) is 8.60. The van der Waals surface area contributed by atoms with Crippen molar-refractivity contribution in [2.24, 2.45) is 0 Å². The molecule has 0 aliphatic heterocycles. The number of hydrogen-bond acceptors (Lipinski definition) is 4. The number of nitrogens with one attached hydrogen (secondary N) is 2. The lowest BCUT2D eigenvalue weighted by atomic mass is 10.3. The van der Waals surface area contributed by atoms with Gasteiger partial charge in [-0.05, 0) is 0 Å². The van der Waals surface area contributed by atoms with Crippen LogP contribution >= 0.6 is 11.6 Å². The molecule has 1 aromatic heterocycles. The highest BCUT2D eigenvalue weighted by molar-refractivity contribution is 6.33. The highest BCUT2D eigenvalue weighted by Gasteiger charge is 2.09. The zero-order valence-corrected chi connectivity index (χ0v) is 10.6. The first-order valence-corrected chi connectivity index (χ1v) is 5.61. The standard InChI is InChI=1S/C11H13ClN4O2/c1-3-6-16-11(18)10(8(12)7-15-16)14-5-4-9(17)13-2/h1,7,14H,4-6H2,2H3,(H,13,17). The second-order valence-electron chi connectivity index (χ2n) is 3.38. The van der Waals surface area contributed by atoms with E-state index in [0.29, 0.717) is 6.54 Å². The lowest BCUT2D eigenvalue weighted by molar-refractivity contribution is -0.120. The smallest absolute Gasteiger partial charge is 0.292 e. The maximum atomic E-state index is 11.9. The van der Waals surface area contributed by atoms with Crippen LogP contribution in [0.5, 0.6) is 0 Å². The maximum Gasteiger partial charge on any atom is 0.292 e. The van der Waals surface area contributed by atoms with Gasteiger partial charge in [0.15, 0.2) is 0 Å². The van der Waals surface area contributed by atoms with Crippen LogP contribution in [0.15, 0.2) is 11.0 Å². The van der Waals surface area contributed by atoms with Crippen molar-refractivity contribution in [1.82, 2.24) is 15.1 Å². The summed E-state index contributed by atoms with van der Waals surface area (Å²) in [5, 5.41) is 9.29. The average Bonchev–Trinajstić information content (AvgIpc) is 2.36. The summed E-state index contributed by atoms with van der Waals surface area (Å²) in [7, 11) is 1.54. The van der Waals surface area contributed by atoms with Gasteiger partial charge in [0.2, 0.25) is 5.91 Å². The first kappa shape index (κ1) is 14.1. The van der Waals surface area contributed by atoms with Gasteiger partial charge in [-0.3, -0.25) is 9.59 Å². The van der Waals surface area contributed by atoms with Crippen molar-refractivity contribution in [2.75, 3.05) is 18.9 Å². The Hall–Kier alpha value is -2.00. The van der Waals surface area contributed by atoms with Crippen LogP contribution < -0.4 is 16.2 Å². The normalized spacial score (nSPS) is 9.61. The predicted molar refractivity (Wildman–Crippen MR) is 69.5 cm³/mol. The number of terminal acetylenes is 1. The predicted octanol–water partition coefficient (Wildman–Crippen LogP) is 0.0779. The van der Waals surface area contributed by atoms with E-state index < -0.39 is 5.56 Å². The minimum Gasteiger partial charge on any atom is -0.379 e. The lowest BCUT2D eigenvalue weighted by Crippen LogP contribution is -2.27. The van der Waals surface area contributed by atoms with E-state index in [0.717, 1.165) is 4.68 Å². The number of rotatable bonds is 5. The van der Waals surface area contributed by atoms with Crippen molar-refractivity contribution >= 4 is 23.2 Å². The molecule has 0 aliphatic carbocycles. The molecule has 7 heteroatoms. The summed E-state index contributed by atoms with van der Waals surface area (Å²) < 4.78 is 1.12. The number of carbonyl (C=O) groups excluding carboxylic acids is 1. The van der Waals surface area contributed by atoms with Gasteiger partial charge >= 0.3 is 0 Å². The molecule has 1 amide bonds. The van der Waals surface area contributed by atoms with Gasteiger partial charge in [-0.25, -0.2) is 4.68 Å². The van der Waals surface area contributed by atoms with Crippen molar-refractivity contribution in [3.8, 4) is 12.3 Å². The second-order valence-corrected chi connectivity index (χ2v) is 3.79. The summed E-state index contributed by atoms with van der Waals surface area (Å²) in [6.45, 7) is 0.370. The van der Waals surface area contributed by atoms with Gasteiger partial charge in [0.1, 0.15) is 12.2 Å². The Morgan fingerprint density at radius 1 is 1.67 bits per heavy atom. The van der Waals surface area contributed by atoms with Gasteiger partial charge < -0.3 is 10.6 Å². The second kappa shape index (κ2) is 6.67. The lowest BCUT2D eigenvalue weighted by Gasteiger charge is -2.08. The van der Waals surface area contributed by atoms with Crippen LogP contribution in [0, 0.1) is 12.3 Å². The zero-order valence-electron chi connectivity index (χ0n) is 9.86. The number of aromatic nitrogens is 2. The minimum atomic E-state index is -0.405. The van der Waals surface area contributed by atoms with Crippen LogP contribution in [0.1, 0.15) is 6.42 Å². The van der Waals surface area contributed by atoms with Crippen molar-refractivity contribution in [1.29, 1.82) is 0 Å². The van der Waals surface area contributed by atoms with E-state index >= 15 is 0 Å². The fourth-order valence-corrected chi connectivity index (χ4v) is 1.45. The summed E-state index contributed by atoms with van der Waals surface area (Å²) in [5.74, 6) is 2.19. The van der Waals surface area contributed by atoms with E-state index in [1.165, 1.54) is 6.20 Å². The molecule has 0 unspecified atom stereocenters. The van der Waals surface area contributed by atoms with E-state index in [1.54, 1.807) is 7.05 Å². The van der Waals surface area contributed by atoms with Gasteiger partial charge in [0, 0.05) is 20.0 Å². The number of amides is 1. The monoisotopic (exact) mass is 268 g/mol. The summed E-state index contributed by atoms with van der Waals surface area (Å²) >= 11 is 5.86. The van der Waals surface area contributed by atoms with Crippen LogP contribution in [0.25, 0.3) is 0 Å². The van der Waals surface area contributed by atoms with E-state index in [-0.39, 0.29) is 29.6 Å². The summed E-state index contributed by atoms with van der Waals surface area (Å²) in [5.41, 5.74) is -0.205. The third kappa shape index (κ3) is 3.50. The summed E-state index contributed by atoms with van der Waals surface area (Å²) in [6.07, 6.45) is 6.70. The molecule has 0 radical (unpaired) electrons. The third-order valence-electron chi connectivity index (χ3n) is 2.17. The van der Waals surface area contributed by atoms with Crippen LogP contribution in [-0.4, -0.2) is 29.3 Å². The molecule has 0 saturated carbocycles. The molecule has 6 nitrogen and oxygen atoms in total.